The number of aryl methyl sites for hydroxylation is 2. The van der Waals surface area contributed by atoms with Crippen LogP contribution >= 0.6 is 0 Å². The number of carbonyl (C=O) groups excluding carboxylic acids is 3. The van der Waals surface area contributed by atoms with E-state index in [-0.39, 0.29) is 31.5 Å². The van der Waals surface area contributed by atoms with Crippen LogP contribution in [0.5, 0.6) is 0 Å². The zero-order chi connectivity index (χ0) is 23.4. The number of amides is 2. The first kappa shape index (κ1) is 23.3. The Kier molecular flexibility index (Phi) is 7.13. The molecular weight excluding hydrogens is 404 g/mol. The molecule has 0 unspecified atom stereocenters. The molecule has 2 aromatic carbocycles. The Morgan fingerprint density at radius 1 is 1.06 bits per heavy atom. The second-order valence-corrected chi connectivity index (χ2v) is 8.29. The fourth-order valence-corrected chi connectivity index (χ4v) is 3.61. The van der Waals surface area contributed by atoms with Gasteiger partial charge in [-0.05, 0) is 67.2 Å². The summed E-state index contributed by atoms with van der Waals surface area (Å²) in [7, 11) is 0. The first-order valence-electron chi connectivity index (χ1n) is 10.9. The molecule has 1 heterocycles. The Bertz CT molecular complexity index is 1050. The minimum absolute atomic E-state index is 0.135. The SMILES string of the molecule is CCOC(=O)CN1C(=O)CN(C(=O)/C=C/c2ccc(C(C)C)cc2)c2cc(C)c(C)cc21. The number of ether oxygens (including phenoxy) is 1. The maximum Gasteiger partial charge on any atom is 0.326 e. The fourth-order valence-electron chi connectivity index (χ4n) is 3.61. The number of fused-ring (bicyclic) bond motifs is 1. The quantitative estimate of drug-likeness (QED) is 0.500. The topological polar surface area (TPSA) is 66.9 Å². The van der Waals surface area contributed by atoms with E-state index in [1.54, 1.807) is 13.0 Å². The fraction of sp³-hybridized carbons (Fsp3) is 0.346. The predicted octanol–water partition coefficient (Wildman–Crippen LogP) is 4.38. The Morgan fingerprint density at radius 3 is 2.28 bits per heavy atom. The third-order valence-corrected chi connectivity index (χ3v) is 5.65. The molecule has 32 heavy (non-hydrogen) atoms. The van der Waals surface area contributed by atoms with Gasteiger partial charge in [-0.2, -0.15) is 0 Å². The van der Waals surface area contributed by atoms with Crippen molar-refractivity contribution in [3.63, 3.8) is 0 Å². The van der Waals surface area contributed by atoms with Gasteiger partial charge in [0.15, 0.2) is 0 Å². The van der Waals surface area contributed by atoms with E-state index in [9.17, 15) is 14.4 Å². The standard InChI is InChI=1S/C26H30N2O4/c1-6-32-26(31)16-28-23-14-19(5)18(4)13-22(23)27(15-25(28)30)24(29)12-9-20-7-10-21(11-8-20)17(2)3/h7-14,17H,6,15-16H2,1-5H3/b12-9+. The highest BCUT2D eigenvalue weighted by molar-refractivity contribution is 6.15. The van der Waals surface area contributed by atoms with E-state index < -0.39 is 5.97 Å². The van der Waals surface area contributed by atoms with Crippen molar-refractivity contribution in [2.24, 2.45) is 0 Å². The monoisotopic (exact) mass is 434 g/mol. The predicted molar refractivity (Wildman–Crippen MR) is 127 cm³/mol. The summed E-state index contributed by atoms with van der Waals surface area (Å²) in [5.41, 5.74) is 5.27. The molecule has 0 radical (unpaired) electrons. The van der Waals surface area contributed by atoms with Crippen molar-refractivity contribution in [3.8, 4) is 0 Å². The van der Waals surface area contributed by atoms with Crippen LogP contribution in [0.25, 0.3) is 6.08 Å². The second kappa shape index (κ2) is 9.81. The summed E-state index contributed by atoms with van der Waals surface area (Å²) < 4.78 is 5.02. The average molecular weight is 435 g/mol. The maximum absolute atomic E-state index is 13.1. The molecule has 0 saturated heterocycles. The van der Waals surface area contributed by atoms with Crippen molar-refractivity contribution in [3.05, 3.63) is 64.7 Å². The van der Waals surface area contributed by atoms with Crippen LogP contribution < -0.4 is 9.80 Å². The van der Waals surface area contributed by atoms with Gasteiger partial charge in [-0.3, -0.25) is 24.2 Å². The Labute approximate surface area is 189 Å². The van der Waals surface area contributed by atoms with Crippen LogP contribution in [-0.4, -0.2) is 37.5 Å². The molecule has 1 aliphatic heterocycles. The average Bonchev–Trinajstić information content (AvgIpc) is 2.75. The highest BCUT2D eigenvalue weighted by Crippen LogP contribution is 2.36. The van der Waals surface area contributed by atoms with Gasteiger partial charge >= 0.3 is 5.97 Å². The maximum atomic E-state index is 13.1. The molecule has 0 bridgehead atoms. The lowest BCUT2D eigenvalue weighted by molar-refractivity contribution is -0.142. The van der Waals surface area contributed by atoms with E-state index in [0.29, 0.717) is 17.3 Å². The van der Waals surface area contributed by atoms with Crippen molar-refractivity contribution in [1.29, 1.82) is 0 Å². The molecule has 0 saturated carbocycles. The third-order valence-electron chi connectivity index (χ3n) is 5.65. The number of benzene rings is 2. The molecule has 0 spiro atoms. The molecule has 3 rings (SSSR count). The van der Waals surface area contributed by atoms with Gasteiger partial charge in [0.25, 0.3) is 5.91 Å². The van der Waals surface area contributed by atoms with Gasteiger partial charge in [-0.15, -0.1) is 0 Å². The smallest absolute Gasteiger partial charge is 0.326 e. The number of hydrogen-bond acceptors (Lipinski definition) is 4. The molecule has 0 aromatic heterocycles. The molecular formula is C26H30N2O4. The normalized spacial score (nSPS) is 13.6. The van der Waals surface area contributed by atoms with Gasteiger partial charge in [-0.25, -0.2) is 0 Å². The zero-order valence-electron chi connectivity index (χ0n) is 19.3. The summed E-state index contributed by atoms with van der Waals surface area (Å²) in [4.78, 5) is 40.9. The Balaban J connectivity index is 1.89. The van der Waals surface area contributed by atoms with E-state index in [4.69, 9.17) is 4.74 Å². The Morgan fingerprint density at radius 2 is 1.69 bits per heavy atom. The molecule has 2 aromatic rings. The number of hydrogen-bond donors (Lipinski definition) is 0. The van der Waals surface area contributed by atoms with Crippen molar-refractivity contribution < 1.29 is 19.1 Å². The zero-order valence-corrected chi connectivity index (χ0v) is 19.3. The first-order valence-corrected chi connectivity index (χ1v) is 10.9. The number of anilines is 2. The summed E-state index contributed by atoms with van der Waals surface area (Å²) in [5, 5.41) is 0. The Hall–Kier alpha value is -3.41. The number of esters is 1. The molecule has 0 aliphatic carbocycles. The van der Waals surface area contributed by atoms with Crippen molar-refractivity contribution in [1.82, 2.24) is 0 Å². The molecule has 1 aliphatic rings. The summed E-state index contributed by atoms with van der Waals surface area (Å²) in [5.74, 6) is -0.646. The van der Waals surface area contributed by atoms with E-state index in [1.807, 2.05) is 50.2 Å². The number of nitrogens with zero attached hydrogens (tertiary/aromatic N) is 2. The number of carbonyl (C=O) groups is 3. The third kappa shape index (κ3) is 5.07. The van der Waals surface area contributed by atoms with Gasteiger partial charge in [0.05, 0.1) is 18.0 Å². The molecule has 2 amide bonds. The summed E-state index contributed by atoms with van der Waals surface area (Å²) in [6, 6.07) is 11.8. The lowest BCUT2D eigenvalue weighted by Gasteiger charge is -2.36. The van der Waals surface area contributed by atoms with Gasteiger partial charge in [0.2, 0.25) is 5.91 Å². The van der Waals surface area contributed by atoms with Crippen LogP contribution in [0.1, 0.15) is 48.9 Å². The van der Waals surface area contributed by atoms with Crippen LogP contribution in [0.3, 0.4) is 0 Å². The van der Waals surface area contributed by atoms with Crippen molar-refractivity contribution >= 4 is 35.2 Å². The lowest BCUT2D eigenvalue weighted by Crippen LogP contribution is -2.49. The molecule has 0 atom stereocenters. The molecule has 0 fully saturated rings. The highest BCUT2D eigenvalue weighted by atomic mass is 16.5. The van der Waals surface area contributed by atoms with Gasteiger partial charge < -0.3 is 4.74 Å². The first-order chi connectivity index (χ1) is 15.2. The van der Waals surface area contributed by atoms with E-state index in [1.165, 1.54) is 21.4 Å². The summed E-state index contributed by atoms with van der Waals surface area (Å²) in [6.45, 7) is 9.81. The molecule has 6 heteroatoms. The second-order valence-electron chi connectivity index (χ2n) is 8.29. The summed E-state index contributed by atoms with van der Waals surface area (Å²) in [6.07, 6.45) is 3.24. The van der Waals surface area contributed by atoms with Crippen molar-refractivity contribution in [2.45, 2.75) is 40.5 Å². The molecule has 0 N–H and O–H groups in total. The van der Waals surface area contributed by atoms with Gasteiger partial charge in [-0.1, -0.05) is 38.1 Å². The van der Waals surface area contributed by atoms with Crippen LogP contribution in [0.4, 0.5) is 11.4 Å². The van der Waals surface area contributed by atoms with Crippen LogP contribution in [0, 0.1) is 13.8 Å². The summed E-state index contributed by atoms with van der Waals surface area (Å²) >= 11 is 0. The highest BCUT2D eigenvalue weighted by Gasteiger charge is 2.33. The minimum Gasteiger partial charge on any atom is -0.465 e. The van der Waals surface area contributed by atoms with E-state index >= 15 is 0 Å². The van der Waals surface area contributed by atoms with Gasteiger partial charge in [0, 0.05) is 6.08 Å². The molecule has 168 valence electrons. The van der Waals surface area contributed by atoms with Crippen LogP contribution in [0.2, 0.25) is 0 Å². The van der Waals surface area contributed by atoms with Crippen molar-refractivity contribution in [2.75, 3.05) is 29.5 Å². The van der Waals surface area contributed by atoms with Crippen LogP contribution in [0.15, 0.2) is 42.5 Å². The van der Waals surface area contributed by atoms with Crippen LogP contribution in [-0.2, 0) is 19.1 Å². The largest absolute Gasteiger partial charge is 0.465 e. The van der Waals surface area contributed by atoms with Gasteiger partial charge in [0.1, 0.15) is 13.1 Å². The number of rotatable bonds is 6. The minimum atomic E-state index is -0.477. The van der Waals surface area contributed by atoms with E-state index in [2.05, 4.69) is 13.8 Å². The lowest BCUT2D eigenvalue weighted by atomic mass is 10.0. The molecule has 6 nitrogen and oxygen atoms in total. The van der Waals surface area contributed by atoms with E-state index in [0.717, 1.165) is 16.7 Å².